The average Bonchev–Trinajstić information content (AvgIpc) is 2.73. The molecule has 18 heavy (non-hydrogen) atoms. The van der Waals surface area contributed by atoms with Crippen molar-refractivity contribution in [1.82, 2.24) is 25.5 Å². The molecule has 0 spiro atoms. The van der Waals surface area contributed by atoms with Crippen LogP contribution in [0.2, 0.25) is 0 Å². The lowest BCUT2D eigenvalue weighted by molar-refractivity contribution is 0.431. The van der Waals surface area contributed by atoms with Gasteiger partial charge < -0.3 is 5.32 Å². The summed E-state index contributed by atoms with van der Waals surface area (Å²) in [5.74, 6) is 1.94. The highest BCUT2D eigenvalue weighted by Gasteiger charge is 2.18. The summed E-state index contributed by atoms with van der Waals surface area (Å²) in [7, 11) is -0.850. The largest absolute Gasteiger partial charge is 0.307 e. The Kier molecular flexibility index (Phi) is 5.87. The van der Waals surface area contributed by atoms with Gasteiger partial charge in [-0.15, -0.1) is 5.10 Å². The summed E-state index contributed by atoms with van der Waals surface area (Å²) in [6.45, 7) is 9.26. The quantitative estimate of drug-likeness (QED) is 0.799. The van der Waals surface area contributed by atoms with Gasteiger partial charge in [0, 0.05) is 22.8 Å². The van der Waals surface area contributed by atoms with E-state index in [2.05, 4.69) is 34.7 Å². The van der Waals surface area contributed by atoms with E-state index in [1.54, 1.807) is 10.9 Å². The second-order valence-corrected chi connectivity index (χ2v) is 6.57. The van der Waals surface area contributed by atoms with Crippen LogP contribution in [0.4, 0.5) is 0 Å². The Labute approximate surface area is 111 Å². The fourth-order valence-corrected chi connectivity index (χ4v) is 2.53. The third-order valence-electron chi connectivity index (χ3n) is 2.63. The second-order valence-electron chi connectivity index (χ2n) is 5.09. The van der Waals surface area contributed by atoms with Gasteiger partial charge in [-0.1, -0.05) is 13.8 Å². The van der Waals surface area contributed by atoms with Gasteiger partial charge in [-0.25, -0.2) is 4.68 Å². The molecule has 7 heteroatoms. The predicted molar refractivity (Wildman–Crippen MR) is 72.7 cm³/mol. The molecule has 1 heterocycles. The molecule has 0 radical (unpaired) electrons. The zero-order valence-electron chi connectivity index (χ0n) is 11.8. The maximum Gasteiger partial charge on any atom is 0.168 e. The summed E-state index contributed by atoms with van der Waals surface area (Å²) >= 11 is 0. The van der Waals surface area contributed by atoms with Crippen molar-refractivity contribution in [3.63, 3.8) is 0 Å². The Morgan fingerprint density at radius 2 is 2.00 bits per heavy atom. The number of nitrogens with zero attached hydrogens (tertiary/aromatic N) is 4. The van der Waals surface area contributed by atoms with Crippen LogP contribution in [0.25, 0.3) is 0 Å². The lowest BCUT2D eigenvalue weighted by Gasteiger charge is -2.18. The van der Waals surface area contributed by atoms with E-state index in [9.17, 15) is 4.21 Å². The number of rotatable bonds is 7. The first-order chi connectivity index (χ1) is 8.41. The Morgan fingerprint density at radius 1 is 1.33 bits per heavy atom. The maximum absolute atomic E-state index is 11.3. The molecule has 1 aromatic rings. The molecule has 1 N–H and O–H groups in total. The first-order valence-electron chi connectivity index (χ1n) is 6.23. The van der Waals surface area contributed by atoms with Crippen LogP contribution in [0.3, 0.4) is 0 Å². The van der Waals surface area contributed by atoms with Crippen molar-refractivity contribution in [2.75, 3.05) is 18.6 Å². The maximum atomic E-state index is 11.3. The molecule has 0 aliphatic rings. The third-order valence-corrected chi connectivity index (χ3v) is 3.58. The molecular formula is C11H23N5OS. The minimum absolute atomic E-state index is 0.0455. The van der Waals surface area contributed by atoms with Crippen molar-refractivity contribution in [3.05, 3.63) is 5.82 Å². The van der Waals surface area contributed by atoms with E-state index >= 15 is 0 Å². The highest BCUT2D eigenvalue weighted by molar-refractivity contribution is 7.84. The minimum Gasteiger partial charge on any atom is -0.307 e. The van der Waals surface area contributed by atoms with E-state index in [0.717, 1.165) is 12.4 Å². The lowest BCUT2D eigenvalue weighted by Crippen LogP contribution is -2.27. The first kappa shape index (κ1) is 15.2. The van der Waals surface area contributed by atoms with E-state index in [4.69, 9.17) is 0 Å². The van der Waals surface area contributed by atoms with Crippen LogP contribution in [-0.2, 0) is 10.8 Å². The summed E-state index contributed by atoms with van der Waals surface area (Å²) in [6.07, 6.45) is 1.70. The van der Waals surface area contributed by atoms with Gasteiger partial charge in [0.1, 0.15) is 0 Å². The molecule has 3 atom stereocenters. The number of hydrogen-bond acceptors (Lipinski definition) is 5. The van der Waals surface area contributed by atoms with Crippen LogP contribution in [0.5, 0.6) is 0 Å². The predicted octanol–water partition coefficient (Wildman–Crippen LogP) is 0.919. The molecule has 0 bridgehead atoms. The number of tetrazole rings is 1. The lowest BCUT2D eigenvalue weighted by atomic mass is 10.2. The van der Waals surface area contributed by atoms with E-state index in [1.165, 1.54) is 0 Å². The molecular weight excluding hydrogens is 250 g/mol. The van der Waals surface area contributed by atoms with Gasteiger partial charge in [-0.2, -0.15) is 0 Å². The monoisotopic (exact) mass is 273 g/mol. The summed E-state index contributed by atoms with van der Waals surface area (Å²) in [4.78, 5) is 0. The molecule has 0 fully saturated rings. The van der Waals surface area contributed by atoms with E-state index in [-0.39, 0.29) is 12.1 Å². The highest BCUT2D eigenvalue weighted by Crippen LogP contribution is 2.14. The van der Waals surface area contributed by atoms with Gasteiger partial charge in [0.2, 0.25) is 0 Å². The van der Waals surface area contributed by atoms with Crippen LogP contribution in [0.15, 0.2) is 0 Å². The van der Waals surface area contributed by atoms with E-state index in [0.29, 0.717) is 11.7 Å². The highest BCUT2D eigenvalue weighted by atomic mass is 32.2. The second kappa shape index (κ2) is 6.94. The van der Waals surface area contributed by atoms with E-state index in [1.807, 2.05) is 13.8 Å². The van der Waals surface area contributed by atoms with Crippen molar-refractivity contribution < 1.29 is 4.21 Å². The molecule has 6 nitrogen and oxygen atoms in total. The van der Waals surface area contributed by atoms with Crippen molar-refractivity contribution in [1.29, 1.82) is 0 Å². The number of nitrogens with one attached hydrogen (secondary N) is 1. The molecule has 0 saturated heterocycles. The SMILES string of the molecule is CC(C)CNC(C)c1nnnn1C(C)CS(C)=O. The Balaban J connectivity index is 2.71. The molecule has 0 aliphatic heterocycles. The van der Waals surface area contributed by atoms with Crippen molar-refractivity contribution in [2.45, 2.75) is 39.8 Å². The van der Waals surface area contributed by atoms with E-state index < -0.39 is 10.8 Å². The Hall–Kier alpha value is -0.820. The number of hydrogen-bond donors (Lipinski definition) is 1. The van der Waals surface area contributed by atoms with Gasteiger partial charge in [0.15, 0.2) is 5.82 Å². The van der Waals surface area contributed by atoms with Crippen LogP contribution in [0.1, 0.15) is 45.6 Å². The topological polar surface area (TPSA) is 72.7 Å². The van der Waals surface area contributed by atoms with Gasteiger partial charge in [0.25, 0.3) is 0 Å². The molecule has 104 valence electrons. The average molecular weight is 273 g/mol. The van der Waals surface area contributed by atoms with Crippen LogP contribution >= 0.6 is 0 Å². The molecule has 1 aromatic heterocycles. The normalized spacial score (nSPS) is 16.8. The summed E-state index contributed by atoms with van der Waals surface area (Å²) in [5, 5.41) is 15.2. The van der Waals surface area contributed by atoms with Crippen LogP contribution in [0, 0.1) is 5.92 Å². The number of aromatic nitrogens is 4. The molecule has 0 saturated carbocycles. The third kappa shape index (κ3) is 4.45. The minimum atomic E-state index is -0.850. The molecule has 0 amide bonds. The van der Waals surface area contributed by atoms with Crippen molar-refractivity contribution >= 4 is 10.8 Å². The Morgan fingerprint density at radius 3 is 2.56 bits per heavy atom. The smallest absolute Gasteiger partial charge is 0.168 e. The van der Waals surface area contributed by atoms with Crippen LogP contribution < -0.4 is 5.32 Å². The fraction of sp³-hybridized carbons (Fsp3) is 0.909. The van der Waals surface area contributed by atoms with Crippen LogP contribution in [-0.4, -0.2) is 43.0 Å². The summed E-state index contributed by atoms with van der Waals surface area (Å²) in [6, 6.07) is 0.138. The Bertz CT molecular complexity index is 393. The van der Waals surface area contributed by atoms with Gasteiger partial charge >= 0.3 is 0 Å². The van der Waals surface area contributed by atoms with Gasteiger partial charge in [-0.3, -0.25) is 4.21 Å². The van der Waals surface area contributed by atoms with Gasteiger partial charge in [-0.05, 0) is 36.7 Å². The molecule has 0 aliphatic carbocycles. The zero-order valence-corrected chi connectivity index (χ0v) is 12.6. The van der Waals surface area contributed by atoms with Gasteiger partial charge in [0.05, 0.1) is 12.1 Å². The van der Waals surface area contributed by atoms with Crippen molar-refractivity contribution in [2.24, 2.45) is 5.92 Å². The summed E-state index contributed by atoms with van der Waals surface area (Å²) in [5.41, 5.74) is 0. The molecule has 3 unspecified atom stereocenters. The summed E-state index contributed by atoms with van der Waals surface area (Å²) < 4.78 is 13.0. The fourth-order valence-electron chi connectivity index (χ4n) is 1.71. The van der Waals surface area contributed by atoms with Crippen molar-refractivity contribution in [3.8, 4) is 0 Å². The zero-order chi connectivity index (χ0) is 13.7. The standard InChI is InChI=1S/C11H23N5OS/c1-8(2)6-12-10(4)11-13-14-15-16(11)9(3)7-18(5)17/h8-10,12H,6-7H2,1-5H3. The first-order valence-corrected chi connectivity index (χ1v) is 7.95. The molecule has 1 rings (SSSR count). The molecule has 0 aromatic carbocycles.